The lowest BCUT2D eigenvalue weighted by atomic mass is 10.1. The molecular formula is C16H26N4O. The molecule has 5 heteroatoms. The second-order valence-corrected chi connectivity index (χ2v) is 6.83. The summed E-state index contributed by atoms with van der Waals surface area (Å²) in [6.45, 7) is 6.13. The Morgan fingerprint density at radius 3 is 2.19 bits per heavy atom. The number of hydrogen-bond donors (Lipinski definition) is 2. The van der Waals surface area contributed by atoms with Crippen LogP contribution in [0.1, 0.15) is 69.7 Å². The standard InChI is InChI=1S/C16H26N4O/c1-16(2,3)20-15-17-10-12(11-18-15)14(21)19-13-8-6-4-5-7-9-13/h10-11,13H,4-9H2,1-3H3,(H,19,21)(H,17,18,20). The predicted octanol–water partition coefficient (Wildman–Crippen LogP) is 3.14. The summed E-state index contributed by atoms with van der Waals surface area (Å²) < 4.78 is 0. The Bertz CT molecular complexity index is 456. The van der Waals surface area contributed by atoms with Crippen molar-refractivity contribution in [3.8, 4) is 0 Å². The summed E-state index contributed by atoms with van der Waals surface area (Å²) in [7, 11) is 0. The first-order valence-corrected chi connectivity index (χ1v) is 7.85. The van der Waals surface area contributed by atoms with Crippen molar-refractivity contribution in [2.45, 2.75) is 70.9 Å². The molecule has 0 bridgehead atoms. The van der Waals surface area contributed by atoms with Crippen molar-refractivity contribution in [2.75, 3.05) is 5.32 Å². The van der Waals surface area contributed by atoms with Crippen molar-refractivity contribution in [3.63, 3.8) is 0 Å². The van der Waals surface area contributed by atoms with Crippen LogP contribution in [-0.4, -0.2) is 27.5 Å². The van der Waals surface area contributed by atoms with Crippen molar-refractivity contribution in [1.82, 2.24) is 15.3 Å². The highest BCUT2D eigenvalue weighted by atomic mass is 16.1. The summed E-state index contributed by atoms with van der Waals surface area (Å²) in [5.74, 6) is 0.484. The summed E-state index contributed by atoms with van der Waals surface area (Å²) >= 11 is 0. The molecule has 2 N–H and O–H groups in total. The lowest BCUT2D eigenvalue weighted by molar-refractivity contribution is 0.0932. The maximum absolute atomic E-state index is 12.2. The van der Waals surface area contributed by atoms with Crippen molar-refractivity contribution in [2.24, 2.45) is 0 Å². The van der Waals surface area contributed by atoms with E-state index in [4.69, 9.17) is 0 Å². The summed E-state index contributed by atoms with van der Waals surface area (Å²) in [4.78, 5) is 20.6. The van der Waals surface area contributed by atoms with E-state index in [9.17, 15) is 4.79 Å². The van der Waals surface area contributed by atoms with Gasteiger partial charge >= 0.3 is 0 Å². The first-order chi connectivity index (χ1) is 9.94. The molecule has 116 valence electrons. The molecule has 0 spiro atoms. The zero-order valence-electron chi connectivity index (χ0n) is 13.3. The molecule has 21 heavy (non-hydrogen) atoms. The zero-order valence-corrected chi connectivity index (χ0v) is 13.3. The van der Waals surface area contributed by atoms with Gasteiger partial charge in [-0.15, -0.1) is 0 Å². The second kappa shape index (κ2) is 6.87. The summed E-state index contributed by atoms with van der Waals surface area (Å²) in [6, 6.07) is 0.298. The minimum Gasteiger partial charge on any atom is -0.350 e. The third kappa shape index (κ3) is 5.33. The normalized spacial score (nSPS) is 17.1. The molecular weight excluding hydrogens is 264 g/mol. The van der Waals surface area contributed by atoms with E-state index in [0.29, 0.717) is 17.6 Å². The Morgan fingerprint density at radius 2 is 1.67 bits per heavy atom. The minimum absolute atomic E-state index is 0.0655. The van der Waals surface area contributed by atoms with Crippen LogP contribution in [0.25, 0.3) is 0 Å². The topological polar surface area (TPSA) is 66.9 Å². The van der Waals surface area contributed by atoms with Gasteiger partial charge in [0.15, 0.2) is 0 Å². The Labute approximate surface area is 127 Å². The molecule has 1 aromatic heterocycles. The van der Waals surface area contributed by atoms with Gasteiger partial charge in [-0.25, -0.2) is 9.97 Å². The average Bonchev–Trinajstić information content (AvgIpc) is 2.66. The van der Waals surface area contributed by atoms with Gasteiger partial charge in [0.05, 0.1) is 5.56 Å². The number of carbonyl (C=O) groups excluding carboxylic acids is 1. The van der Waals surface area contributed by atoms with Crippen LogP contribution in [0.2, 0.25) is 0 Å². The van der Waals surface area contributed by atoms with Crippen LogP contribution in [0.4, 0.5) is 5.95 Å². The van der Waals surface area contributed by atoms with Gasteiger partial charge in [-0.1, -0.05) is 25.7 Å². The number of anilines is 1. The van der Waals surface area contributed by atoms with Gasteiger partial charge in [0.2, 0.25) is 5.95 Å². The fraction of sp³-hybridized carbons (Fsp3) is 0.688. The molecule has 1 aromatic rings. The number of amides is 1. The van der Waals surface area contributed by atoms with Gasteiger partial charge in [-0.2, -0.15) is 0 Å². The molecule has 0 unspecified atom stereocenters. The average molecular weight is 290 g/mol. The quantitative estimate of drug-likeness (QED) is 0.839. The van der Waals surface area contributed by atoms with E-state index in [0.717, 1.165) is 12.8 Å². The number of nitrogens with one attached hydrogen (secondary N) is 2. The molecule has 0 aliphatic heterocycles. The molecule has 1 heterocycles. The van der Waals surface area contributed by atoms with Gasteiger partial charge in [0, 0.05) is 24.0 Å². The number of rotatable bonds is 3. The van der Waals surface area contributed by atoms with E-state index in [1.807, 2.05) is 20.8 Å². The van der Waals surface area contributed by atoms with E-state index >= 15 is 0 Å². The van der Waals surface area contributed by atoms with E-state index in [-0.39, 0.29) is 11.4 Å². The lowest BCUT2D eigenvalue weighted by Crippen LogP contribution is -2.34. The van der Waals surface area contributed by atoms with E-state index < -0.39 is 0 Å². The van der Waals surface area contributed by atoms with Crippen molar-refractivity contribution < 1.29 is 4.79 Å². The zero-order chi connectivity index (χ0) is 15.3. The van der Waals surface area contributed by atoms with Crippen LogP contribution >= 0.6 is 0 Å². The largest absolute Gasteiger partial charge is 0.350 e. The molecule has 1 aliphatic carbocycles. The lowest BCUT2D eigenvalue weighted by Gasteiger charge is -2.20. The molecule has 1 saturated carbocycles. The summed E-state index contributed by atoms with van der Waals surface area (Å²) in [5.41, 5.74) is 0.433. The van der Waals surface area contributed by atoms with Crippen LogP contribution in [0.3, 0.4) is 0 Å². The fourth-order valence-electron chi connectivity index (χ4n) is 2.54. The van der Waals surface area contributed by atoms with E-state index in [2.05, 4.69) is 20.6 Å². The number of aromatic nitrogens is 2. The van der Waals surface area contributed by atoms with Gasteiger partial charge < -0.3 is 10.6 Å². The van der Waals surface area contributed by atoms with Gasteiger partial charge in [0.1, 0.15) is 0 Å². The Hall–Kier alpha value is -1.65. The molecule has 1 aliphatic rings. The van der Waals surface area contributed by atoms with Crippen molar-refractivity contribution in [1.29, 1.82) is 0 Å². The molecule has 1 amide bonds. The van der Waals surface area contributed by atoms with Gasteiger partial charge in [-0.3, -0.25) is 4.79 Å². The molecule has 0 radical (unpaired) electrons. The summed E-state index contributed by atoms with van der Waals surface area (Å²) in [6.07, 6.45) is 10.3. The third-order valence-corrected chi connectivity index (χ3v) is 3.59. The predicted molar refractivity (Wildman–Crippen MR) is 84.4 cm³/mol. The maximum Gasteiger partial charge on any atom is 0.254 e. The SMILES string of the molecule is CC(C)(C)Nc1ncc(C(=O)NC2CCCCCC2)cn1. The molecule has 0 atom stereocenters. The smallest absolute Gasteiger partial charge is 0.254 e. The highest BCUT2D eigenvalue weighted by Crippen LogP contribution is 2.17. The number of nitrogens with zero attached hydrogens (tertiary/aromatic N) is 2. The Kier molecular flexibility index (Phi) is 5.15. The molecule has 0 saturated heterocycles. The van der Waals surface area contributed by atoms with Gasteiger partial charge in [-0.05, 0) is 33.6 Å². The molecule has 2 rings (SSSR count). The number of hydrogen-bond acceptors (Lipinski definition) is 4. The van der Waals surface area contributed by atoms with Crippen LogP contribution < -0.4 is 10.6 Å². The molecule has 5 nitrogen and oxygen atoms in total. The Balaban J connectivity index is 1.93. The third-order valence-electron chi connectivity index (χ3n) is 3.59. The fourth-order valence-corrected chi connectivity index (χ4v) is 2.54. The van der Waals surface area contributed by atoms with Crippen LogP contribution in [0.5, 0.6) is 0 Å². The highest BCUT2D eigenvalue weighted by Gasteiger charge is 2.17. The number of carbonyl (C=O) groups is 1. The monoisotopic (exact) mass is 290 g/mol. The minimum atomic E-state index is -0.0931. The highest BCUT2D eigenvalue weighted by molar-refractivity contribution is 5.93. The van der Waals surface area contributed by atoms with Crippen molar-refractivity contribution >= 4 is 11.9 Å². The van der Waals surface area contributed by atoms with Crippen LogP contribution in [0, 0.1) is 0 Å². The van der Waals surface area contributed by atoms with Crippen LogP contribution in [0.15, 0.2) is 12.4 Å². The van der Waals surface area contributed by atoms with E-state index in [1.165, 1.54) is 25.7 Å². The van der Waals surface area contributed by atoms with Crippen molar-refractivity contribution in [3.05, 3.63) is 18.0 Å². The molecule has 0 aromatic carbocycles. The van der Waals surface area contributed by atoms with Gasteiger partial charge in [0.25, 0.3) is 5.91 Å². The van der Waals surface area contributed by atoms with Crippen LogP contribution in [-0.2, 0) is 0 Å². The Morgan fingerprint density at radius 1 is 1.10 bits per heavy atom. The first kappa shape index (κ1) is 15.7. The maximum atomic E-state index is 12.2. The second-order valence-electron chi connectivity index (χ2n) is 6.83. The van der Waals surface area contributed by atoms with E-state index in [1.54, 1.807) is 12.4 Å². The molecule has 1 fully saturated rings. The summed E-state index contributed by atoms with van der Waals surface area (Å²) in [5, 5.41) is 6.29. The first-order valence-electron chi connectivity index (χ1n) is 7.85.